The summed E-state index contributed by atoms with van der Waals surface area (Å²) in [4.78, 5) is 0. The van der Waals surface area contributed by atoms with Gasteiger partial charge in [-0.1, -0.05) is 48.5 Å². The number of pyridine rings is 1. The number of aromatic nitrogens is 1. The van der Waals surface area contributed by atoms with Crippen LogP contribution in [0.2, 0.25) is 0 Å². The number of rotatable bonds is 7. The van der Waals surface area contributed by atoms with Crippen LogP contribution in [0.1, 0.15) is 36.9 Å². The summed E-state index contributed by atoms with van der Waals surface area (Å²) in [6, 6.07) is 24.0. The van der Waals surface area contributed by atoms with E-state index in [1.165, 1.54) is 53.4 Å². The Bertz CT molecular complexity index is 2830. The van der Waals surface area contributed by atoms with Crippen molar-refractivity contribution in [3.63, 3.8) is 0 Å². The molecule has 0 saturated heterocycles. The topological polar surface area (TPSA) is 3.88 Å². The standard InChI is InChI=1S/C24BF20.C22H22N/c26-5-1(6(27)14(35)21(42)13(5)34)25(2-7(28)15(36)22(43)16(37)8(2)29,3-9(30)17(38)23(44)18(39)10(3)31)4-11(32)19(40)24(45)20(41)12(4)33;1-3-9-18(10-4-1)17-23-21-14-8-7-13-20(21)15-16-22(23)19-11-5-2-6-12-19/h;1,3-4,7-11,13-16H,2,5-6,12,17H2/q-1;+1. The van der Waals surface area contributed by atoms with Gasteiger partial charge in [0.05, 0.1) is 0 Å². The lowest BCUT2D eigenvalue weighted by molar-refractivity contribution is -0.664. The van der Waals surface area contributed by atoms with Crippen LogP contribution in [-0.2, 0) is 6.54 Å². The summed E-state index contributed by atoms with van der Waals surface area (Å²) in [5, 5.41) is 1.31. The van der Waals surface area contributed by atoms with Gasteiger partial charge in [0.2, 0.25) is 11.2 Å². The van der Waals surface area contributed by atoms with Gasteiger partial charge in [0.15, 0.2) is 76.4 Å². The Hall–Kier alpha value is -6.87. The van der Waals surface area contributed by atoms with Gasteiger partial charge >= 0.3 is 0 Å². The first-order valence-corrected chi connectivity index (χ1v) is 19.5. The van der Waals surface area contributed by atoms with Gasteiger partial charge in [0.1, 0.15) is 52.7 Å². The highest BCUT2D eigenvalue weighted by Gasteiger charge is 2.52. The van der Waals surface area contributed by atoms with Crippen LogP contribution in [-0.4, -0.2) is 6.15 Å². The van der Waals surface area contributed by atoms with Crippen LogP contribution in [0.5, 0.6) is 0 Å². The summed E-state index contributed by atoms with van der Waals surface area (Å²) in [7, 11) is 0. The van der Waals surface area contributed by atoms with E-state index < -0.39 is 144 Å². The lowest BCUT2D eigenvalue weighted by atomic mass is 9.12. The summed E-state index contributed by atoms with van der Waals surface area (Å²) >= 11 is 0. The number of hydrogen-bond acceptors (Lipinski definition) is 0. The maximum atomic E-state index is 15.4. The van der Waals surface area contributed by atoms with Crippen molar-refractivity contribution in [1.82, 2.24) is 0 Å². The minimum Gasteiger partial charge on any atom is -0.207 e. The quantitative estimate of drug-likeness (QED) is 0.0493. The maximum Gasteiger partial charge on any atom is 0.213 e. The van der Waals surface area contributed by atoms with E-state index in [4.69, 9.17) is 0 Å². The van der Waals surface area contributed by atoms with Crippen molar-refractivity contribution < 1.29 is 92.4 Å². The number of para-hydroxylation sites is 1. The molecule has 1 aliphatic carbocycles. The lowest BCUT2D eigenvalue weighted by Crippen LogP contribution is -2.81. The molecule has 0 saturated carbocycles. The van der Waals surface area contributed by atoms with Gasteiger partial charge in [0.25, 0.3) is 0 Å². The van der Waals surface area contributed by atoms with Crippen LogP contribution in [0.15, 0.2) is 72.8 Å². The molecule has 1 heterocycles. The molecular weight excluding hydrogens is 957 g/mol. The molecule has 1 aliphatic rings. The molecule has 354 valence electrons. The summed E-state index contributed by atoms with van der Waals surface area (Å²) in [6.45, 7) is 0.925. The molecule has 0 bridgehead atoms. The second-order valence-corrected chi connectivity index (χ2v) is 15.1. The molecule has 0 fully saturated rings. The van der Waals surface area contributed by atoms with Crippen LogP contribution in [0.25, 0.3) is 16.5 Å². The zero-order valence-corrected chi connectivity index (χ0v) is 33.5. The molecule has 6 aromatic carbocycles. The maximum absolute atomic E-state index is 15.4. The Morgan fingerprint density at radius 2 is 0.691 bits per heavy atom. The van der Waals surface area contributed by atoms with E-state index in [9.17, 15) is 52.7 Å². The van der Waals surface area contributed by atoms with Crippen LogP contribution in [0.3, 0.4) is 0 Å². The van der Waals surface area contributed by atoms with E-state index in [-0.39, 0.29) is 0 Å². The molecule has 1 nitrogen and oxygen atoms in total. The third-order valence-electron chi connectivity index (χ3n) is 11.4. The van der Waals surface area contributed by atoms with Crippen molar-refractivity contribution in [2.75, 3.05) is 0 Å². The number of nitrogens with zero attached hydrogens (tertiary/aromatic N) is 1. The van der Waals surface area contributed by atoms with E-state index in [0.29, 0.717) is 0 Å². The summed E-state index contributed by atoms with van der Waals surface area (Å²) in [5.74, 6) is -71.4. The molecule has 68 heavy (non-hydrogen) atoms. The third-order valence-corrected chi connectivity index (χ3v) is 11.4. The number of hydrogen-bond donors (Lipinski definition) is 0. The van der Waals surface area contributed by atoms with Gasteiger partial charge in [-0.3, -0.25) is 0 Å². The van der Waals surface area contributed by atoms with Gasteiger partial charge in [-0.2, -0.15) is 4.57 Å². The molecule has 0 spiro atoms. The fourth-order valence-electron chi connectivity index (χ4n) is 8.42. The minimum atomic E-state index is -7.22. The van der Waals surface area contributed by atoms with Crippen LogP contribution in [0.4, 0.5) is 87.8 Å². The van der Waals surface area contributed by atoms with Crippen molar-refractivity contribution in [2.45, 2.75) is 32.2 Å². The molecular formula is C46H22BF20N. The number of allylic oxidation sites excluding steroid dienone is 2. The molecule has 1 aromatic heterocycles. The van der Waals surface area contributed by atoms with Crippen molar-refractivity contribution in [3.8, 4) is 0 Å². The zero-order chi connectivity index (χ0) is 49.8. The molecule has 22 heteroatoms. The van der Waals surface area contributed by atoms with Gasteiger partial charge in [-0.15, -0.1) is 21.9 Å². The van der Waals surface area contributed by atoms with Crippen LogP contribution >= 0.6 is 0 Å². The highest BCUT2D eigenvalue weighted by atomic mass is 19.2. The van der Waals surface area contributed by atoms with Gasteiger partial charge < -0.3 is 0 Å². The van der Waals surface area contributed by atoms with E-state index >= 15 is 35.1 Å². The van der Waals surface area contributed by atoms with Gasteiger partial charge in [-0.05, 0) is 37.8 Å². The van der Waals surface area contributed by atoms with Crippen molar-refractivity contribution in [1.29, 1.82) is 0 Å². The molecule has 0 radical (unpaired) electrons. The SMILES string of the molecule is C1=C(c2ccc3ccccc3[n+]2Cc2ccccc2)CCCC1.Fc1c(F)c(F)c([B-](c2c(F)c(F)c(F)c(F)c2F)(c2c(F)c(F)c(F)c(F)c2F)c2c(F)c(F)c(F)c(F)c2F)c(F)c1F. The highest BCUT2D eigenvalue weighted by molar-refractivity contribution is 7.20. The van der Waals surface area contributed by atoms with Crippen molar-refractivity contribution in [2.24, 2.45) is 0 Å². The third kappa shape index (κ3) is 7.70. The van der Waals surface area contributed by atoms with E-state index in [1.54, 1.807) is 0 Å². The summed E-state index contributed by atoms with van der Waals surface area (Å²) in [5.41, 5.74) is -8.76. The average Bonchev–Trinajstić information content (AvgIpc) is 3.34. The predicted molar refractivity (Wildman–Crippen MR) is 205 cm³/mol. The molecule has 0 atom stereocenters. The Morgan fingerprint density at radius 1 is 0.353 bits per heavy atom. The summed E-state index contributed by atoms with van der Waals surface area (Å²) < 4.78 is 296. The molecule has 0 unspecified atom stereocenters. The highest BCUT2D eigenvalue weighted by Crippen LogP contribution is 2.31. The smallest absolute Gasteiger partial charge is 0.207 e. The monoisotopic (exact) mass is 979 g/mol. The second kappa shape index (κ2) is 18.7. The largest absolute Gasteiger partial charge is 0.213 e. The Kier molecular flexibility index (Phi) is 13.5. The van der Waals surface area contributed by atoms with E-state index in [0.717, 1.165) is 6.54 Å². The van der Waals surface area contributed by atoms with Crippen LogP contribution in [0, 0.1) is 116 Å². The fraction of sp³-hybridized carbons (Fsp3) is 0.109. The molecule has 8 rings (SSSR count). The first-order chi connectivity index (χ1) is 32.1. The molecule has 7 aromatic rings. The second-order valence-electron chi connectivity index (χ2n) is 15.1. The van der Waals surface area contributed by atoms with Gasteiger partial charge in [0, 0.05) is 28.7 Å². The van der Waals surface area contributed by atoms with E-state index in [2.05, 4.69) is 77.4 Å². The first-order valence-electron chi connectivity index (χ1n) is 19.5. The molecule has 0 aliphatic heterocycles. The Balaban J connectivity index is 0.000000246. The number of benzene rings is 6. The minimum absolute atomic E-state index is 0.925. The molecule has 0 N–H and O–H groups in total. The predicted octanol–water partition coefficient (Wildman–Crippen LogP) is 11.0. The van der Waals surface area contributed by atoms with Crippen molar-refractivity contribution in [3.05, 3.63) is 200 Å². The summed E-state index contributed by atoms with van der Waals surface area (Å²) in [6.07, 6.45) is 0.278. The lowest BCUT2D eigenvalue weighted by Gasteiger charge is -2.44. The average molecular weight is 979 g/mol. The van der Waals surface area contributed by atoms with Crippen LogP contribution < -0.4 is 26.4 Å². The molecule has 0 amide bonds. The normalized spacial score (nSPS) is 12.9. The number of fused-ring (bicyclic) bond motifs is 1. The zero-order valence-electron chi connectivity index (χ0n) is 33.5. The Morgan fingerprint density at radius 3 is 1.04 bits per heavy atom. The number of halogens is 20. The van der Waals surface area contributed by atoms with Gasteiger partial charge in [-0.25, -0.2) is 87.8 Å². The van der Waals surface area contributed by atoms with Crippen molar-refractivity contribution >= 4 is 44.5 Å². The fourth-order valence-corrected chi connectivity index (χ4v) is 8.42. The first kappa shape index (κ1) is 49.1. The Labute approximate surface area is 369 Å². The van der Waals surface area contributed by atoms with E-state index in [1.807, 2.05) is 0 Å².